The summed E-state index contributed by atoms with van der Waals surface area (Å²) in [6.45, 7) is 6.97. The minimum atomic E-state index is -0.0449. The lowest BCUT2D eigenvalue weighted by molar-refractivity contribution is 0.0779. The normalized spacial score (nSPS) is 23.7. The second-order valence-electron chi connectivity index (χ2n) is 6.67. The fourth-order valence-corrected chi connectivity index (χ4v) is 3.13. The first-order valence-electron chi connectivity index (χ1n) is 7.57. The zero-order valence-electron chi connectivity index (χ0n) is 12.2. The Morgan fingerprint density at radius 1 is 1.22 bits per heavy atom. The van der Waals surface area contributed by atoms with Crippen molar-refractivity contribution in [2.24, 2.45) is 29.4 Å². The van der Waals surface area contributed by atoms with E-state index >= 15 is 0 Å². The van der Waals surface area contributed by atoms with Crippen molar-refractivity contribution in [3.05, 3.63) is 0 Å². The Labute approximate surface area is 112 Å². The van der Waals surface area contributed by atoms with Crippen LogP contribution in [0.4, 0.5) is 0 Å². The Morgan fingerprint density at radius 3 is 2.11 bits per heavy atom. The van der Waals surface area contributed by atoms with Crippen LogP contribution in [0.25, 0.3) is 0 Å². The number of rotatable bonds is 9. The predicted molar refractivity (Wildman–Crippen MR) is 75.4 cm³/mol. The van der Waals surface area contributed by atoms with Crippen molar-refractivity contribution < 1.29 is 4.74 Å². The average Bonchev–Trinajstić information content (AvgIpc) is 3.20. The highest BCUT2D eigenvalue weighted by atomic mass is 16.5. The van der Waals surface area contributed by atoms with Crippen molar-refractivity contribution in [3.63, 3.8) is 0 Å². The first-order chi connectivity index (χ1) is 8.63. The molecule has 0 spiro atoms. The lowest BCUT2D eigenvalue weighted by Gasteiger charge is -2.38. The molecule has 0 aliphatic heterocycles. The third kappa shape index (κ3) is 3.25. The maximum atomic E-state index is 6.02. The Balaban J connectivity index is 1.90. The van der Waals surface area contributed by atoms with Crippen LogP contribution in [0, 0.1) is 23.7 Å². The molecule has 0 aromatic heterocycles. The van der Waals surface area contributed by atoms with Crippen LogP contribution >= 0.6 is 0 Å². The van der Waals surface area contributed by atoms with Gasteiger partial charge in [-0.1, -0.05) is 13.8 Å². The Kier molecular flexibility index (Phi) is 4.68. The van der Waals surface area contributed by atoms with Gasteiger partial charge in [0.2, 0.25) is 0 Å². The molecule has 0 aromatic rings. The van der Waals surface area contributed by atoms with Crippen molar-refractivity contribution in [3.8, 4) is 0 Å². The summed E-state index contributed by atoms with van der Waals surface area (Å²) in [5.41, 5.74) is 5.98. The van der Waals surface area contributed by atoms with E-state index in [4.69, 9.17) is 10.5 Å². The number of ether oxygens (including phenoxy) is 1. The molecule has 18 heavy (non-hydrogen) atoms. The molecule has 2 aliphatic rings. The molecule has 3 N–H and O–H groups in total. The quantitative estimate of drug-likeness (QED) is 0.662. The maximum Gasteiger partial charge on any atom is 0.0659 e. The molecule has 3 nitrogen and oxygen atoms in total. The van der Waals surface area contributed by atoms with Gasteiger partial charge in [0.15, 0.2) is 0 Å². The monoisotopic (exact) mass is 254 g/mol. The molecule has 0 bridgehead atoms. The molecule has 0 heterocycles. The smallest absolute Gasteiger partial charge is 0.0659 e. The van der Waals surface area contributed by atoms with E-state index < -0.39 is 0 Å². The van der Waals surface area contributed by atoms with Gasteiger partial charge in [-0.2, -0.15) is 0 Å². The van der Waals surface area contributed by atoms with Gasteiger partial charge in [0.05, 0.1) is 12.1 Å². The van der Waals surface area contributed by atoms with Crippen LogP contribution in [0.1, 0.15) is 39.5 Å². The maximum absolute atomic E-state index is 6.02. The Bertz CT molecular complexity index is 249. The summed E-state index contributed by atoms with van der Waals surface area (Å²) in [5.74, 6) is 3.39. The molecule has 3 heteroatoms. The molecular weight excluding hydrogens is 224 g/mol. The van der Waals surface area contributed by atoms with E-state index in [2.05, 4.69) is 19.2 Å². The molecule has 1 unspecified atom stereocenters. The molecule has 0 aromatic carbocycles. The molecular formula is C15H30N2O. The highest BCUT2D eigenvalue weighted by molar-refractivity contribution is 4.97. The summed E-state index contributed by atoms with van der Waals surface area (Å²) in [4.78, 5) is 0. The summed E-state index contributed by atoms with van der Waals surface area (Å²) in [6, 6.07) is 0. The van der Waals surface area contributed by atoms with Crippen LogP contribution in [0.3, 0.4) is 0 Å². The van der Waals surface area contributed by atoms with Gasteiger partial charge in [-0.3, -0.25) is 0 Å². The highest BCUT2D eigenvalue weighted by Crippen LogP contribution is 2.49. The van der Waals surface area contributed by atoms with E-state index in [0.29, 0.717) is 19.1 Å². The number of methoxy groups -OCH3 is 1. The third-order valence-corrected chi connectivity index (χ3v) is 5.02. The molecule has 0 amide bonds. The SMILES string of the molecule is COCC(CN)(NCC(C1CC1)C1CC1)C(C)C. The molecule has 0 saturated heterocycles. The Morgan fingerprint density at radius 2 is 1.78 bits per heavy atom. The summed E-state index contributed by atoms with van der Waals surface area (Å²) in [6.07, 6.45) is 5.80. The van der Waals surface area contributed by atoms with Crippen molar-refractivity contribution in [1.82, 2.24) is 5.32 Å². The van der Waals surface area contributed by atoms with Crippen LogP contribution in [0.5, 0.6) is 0 Å². The fraction of sp³-hybridized carbons (Fsp3) is 1.00. The number of nitrogens with two attached hydrogens (primary N) is 1. The first-order valence-corrected chi connectivity index (χ1v) is 7.57. The summed E-state index contributed by atoms with van der Waals surface area (Å²) >= 11 is 0. The highest BCUT2D eigenvalue weighted by Gasteiger charge is 2.42. The molecule has 0 radical (unpaired) electrons. The van der Waals surface area contributed by atoms with Crippen LogP contribution in [-0.4, -0.2) is 32.3 Å². The van der Waals surface area contributed by atoms with E-state index in [1.165, 1.54) is 25.7 Å². The van der Waals surface area contributed by atoms with Crippen molar-refractivity contribution >= 4 is 0 Å². The standard InChI is InChI=1S/C15H30N2O/c1-11(2)15(9-16,10-18-3)17-8-14(12-4-5-12)13-6-7-13/h11-14,17H,4-10,16H2,1-3H3. The van der Waals surface area contributed by atoms with Crippen molar-refractivity contribution in [2.45, 2.75) is 45.1 Å². The zero-order chi connectivity index (χ0) is 13.2. The molecule has 2 rings (SSSR count). The van der Waals surface area contributed by atoms with E-state index in [0.717, 1.165) is 24.3 Å². The van der Waals surface area contributed by atoms with Gasteiger partial charge in [0, 0.05) is 13.7 Å². The van der Waals surface area contributed by atoms with Gasteiger partial charge in [-0.15, -0.1) is 0 Å². The van der Waals surface area contributed by atoms with Gasteiger partial charge >= 0.3 is 0 Å². The molecule has 2 fully saturated rings. The third-order valence-electron chi connectivity index (χ3n) is 5.02. The molecule has 2 saturated carbocycles. The lowest BCUT2D eigenvalue weighted by Crippen LogP contribution is -2.59. The minimum Gasteiger partial charge on any atom is -0.383 e. The Hall–Kier alpha value is -0.120. The second kappa shape index (κ2) is 5.89. The summed E-state index contributed by atoms with van der Waals surface area (Å²) in [5, 5.41) is 3.78. The zero-order valence-corrected chi connectivity index (χ0v) is 12.2. The lowest BCUT2D eigenvalue weighted by atomic mass is 9.85. The van der Waals surface area contributed by atoms with Gasteiger partial charge in [0.25, 0.3) is 0 Å². The van der Waals surface area contributed by atoms with Crippen LogP contribution in [-0.2, 0) is 4.74 Å². The number of nitrogens with one attached hydrogen (secondary N) is 1. The minimum absolute atomic E-state index is 0.0449. The van der Waals surface area contributed by atoms with Crippen LogP contribution < -0.4 is 11.1 Å². The van der Waals surface area contributed by atoms with Crippen LogP contribution in [0.15, 0.2) is 0 Å². The van der Waals surface area contributed by atoms with Gasteiger partial charge in [-0.05, 0) is 55.9 Å². The van der Waals surface area contributed by atoms with E-state index in [1.54, 1.807) is 7.11 Å². The van der Waals surface area contributed by atoms with E-state index in [1.807, 2.05) is 0 Å². The first kappa shape index (κ1) is 14.3. The van der Waals surface area contributed by atoms with Crippen molar-refractivity contribution in [2.75, 3.05) is 26.8 Å². The van der Waals surface area contributed by atoms with Crippen LogP contribution in [0.2, 0.25) is 0 Å². The van der Waals surface area contributed by atoms with E-state index in [9.17, 15) is 0 Å². The number of hydrogen-bond acceptors (Lipinski definition) is 3. The molecule has 106 valence electrons. The average molecular weight is 254 g/mol. The van der Waals surface area contributed by atoms with Gasteiger partial charge in [0.1, 0.15) is 0 Å². The molecule has 2 aliphatic carbocycles. The summed E-state index contributed by atoms with van der Waals surface area (Å²) < 4.78 is 5.40. The topological polar surface area (TPSA) is 47.3 Å². The van der Waals surface area contributed by atoms with Crippen molar-refractivity contribution in [1.29, 1.82) is 0 Å². The van der Waals surface area contributed by atoms with E-state index in [-0.39, 0.29) is 5.54 Å². The summed E-state index contributed by atoms with van der Waals surface area (Å²) in [7, 11) is 1.77. The van der Waals surface area contributed by atoms with Gasteiger partial charge in [-0.25, -0.2) is 0 Å². The number of hydrogen-bond donors (Lipinski definition) is 2. The molecule has 1 atom stereocenters. The second-order valence-corrected chi connectivity index (χ2v) is 6.67. The fourth-order valence-electron chi connectivity index (χ4n) is 3.13. The largest absolute Gasteiger partial charge is 0.383 e. The predicted octanol–water partition coefficient (Wildman–Crippen LogP) is 2.01. The van der Waals surface area contributed by atoms with Gasteiger partial charge < -0.3 is 15.8 Å².